The maximum atomic E-state index is 12.8. The molecule has 1 aliphatic heterocycles. The number of benzene rings is 2. The molecule has 0 saturated carbocycles. The molecule has 0 bridgehead atoms. The van der Waals surface area contributed by atoms with Crippen LogP contribution in [0, 0.1) is 12.8 Å². The Bertz CT molecular complexity index is 848. The van der Waals surface area contributed by atoms with Crippen molar-refractivity contribution in [2.75, 3.05) is 13.1 Å². The number of hydrogen-bond donors (Lipinski definition) is 1. The number of rotatable bonds is 5. The average Bonchev–Trinajstić information content (AvgIpc) is 2.67. The summed E-state index contributed by atoms with van der Waals surface area (Å²) in [5.74, 6) is -0.398. The van der Waals surface area contributed by atoms with Gasteiger partial charge in [-0.15, -0.1) is 0 Å². The number of sulfonamides is 1. The second kappa shape index (κ2) is 8.01. The maximum Gasteiger partial charge on any atom is 0.243 e. The van der Waals surface area contributed by atoms with Gasteiger partial charge in [0, 0.05) is 19.6 Å². The smallest absolute Gasteiger partial charge is 0.243 e. The normalized spacial score (nSPS) is 18.4. The third-order valence-electron chi connectivity index (χ3n) is 4.72. The molecule has 0 aliphatic carbocycles. The van der Waals surface area contributed by atoms with E-state index in [4.69, 9.17) is 0 Å². The van der Waals surface area contributed by atoms with Gasteiger partial charge in [0.15, 0.2) is 0 Å². The first-order valence-corrected chi connectivity index (χ1v) is 10.3. The van der Waals surface area contributed by atoms with E-state index in [0.29, 0.717) is 25.9 Å². The van der Waals surface area contributed by atoms with Crippen LogP contribution in [0.25, 0.3) is 0 Å². The SMILES string of the molecule is Cc1ccc(S(=O)(=O)N2CCC[C@H](C(=O)NCc3ccccc3)C2)cc1. The minimum absolute atomic E-state index is 0.0855. The summed E-state index contributed by atoms with van der Waals surface area (Å²) in [4.78, 5) is 12.8. The summed E-state index contributed by atoms with van der Waals surface area (Å²) < 4.78 is 27.1. The summed E-state index contributed by atoms with van der Waals surface area (Å²) in [7, 11) is -3.56. The van der Waals surface area contributed by atoms with Crippen LogP contribution >= 0.6 is 0 Å². The van der Waals surface area contributed by atoms with Crippen LogP contribution in [0.1, 0.15) is 24.0 Å². The van der Waals surface area contributed by atoms with Gasteiger partial charge in [0.2, 0.25) is 15.9 Å². The van der Waals surface area contributed by atoms with Crippen LogP contribution in [0.15, 0.2) is 59.5 Å². The van der Waals surface area contributed by atoms with Gasteiger partial charge in [-0.25, -0.2) is 8.42 Å². The zero-order valence-corrected chi connectivity index (χ0v) is 15.7. The number of hydrogen-bond acceptors (Lipinski definition) is 3. The zero-order chi connectivity index (χ0) is 18.6. The summed E-state index contributed by atoms with van der Waals surface area (Å²) >= 11 is 0. The van der Waals surface area contributed by atoms with Gasteiger partial charge in [0.05, 0.1) is 10.8 Å². The number of piperidine rings is 1. The van der Waals surface area contributed by atoms with Crippen LogP contribution in [0.4, 0.5) is 0 Å². The molecule has 6 heteroatoms. The van der Waals surface area contributed by atoms with E-state index in [2.05, 4.69) is 5.32 Å². The van der Waals surface area contributed by atoms with Gasteiger partial charge in [-0.05, 0) is 37.5 Å². The Morgan fingerprint density at radius 1 is 1.12 bits per heavy atom. The van der Waals surface area contributed by atoms with Crippen molar-refractivity contribution in [2.24, 2.45) is 5.92 Å². The monoisotopic (exact) mass is 372 g/mol. The first-order chi connectivity index (χ1) is 12.5. The molecule has 1 N–H and O–H groups in total. The van der Waals surface area contributed by atoms with Crippen molar-refractivity contribution in [3.63, 3.8) is 0 Å². The van der Waals surface area contributed by atoms with E-state index >= 15 is 0 Å². The molecule has 1 saturated heterocycles. The summed E-state index contributed by atoms with van der Waals surface area (Å²) in [5, 5.41) is 2.93. The molecule has 3 rings (SSSR count). The van der Waals surface area contributed by atoms with Crippen LogP contribution in [-0.2, 0) is 21.4 Å². The topological polar surface area (TPSA) is 66.5 Å². The maximum absolute atomic E-state index is 12.8. The van der Waals surface area contributed by atoms with Gasteiger partial charge in [0.25, 0.3) is 0 Å². The highest BCUT2D eigenvalue weighted by molar-refractivity contribution is 7.89. The lowest BCUT2D eigenvalue weighted by molar-refractivity contribution is -0.126. The minimum Gasteiger partial charge on any atom is -0.352 e. The molecule has 1 atom stereocenters. The Morgan fingerprint density at radius 2 is 1.81 bits per heavy atom. The molecular weight excluding hydrogens is 348 g/mol. The molecule has 5 nitrogen and oxygen atoms in total. The summed E-state index contributed by atoms with van der Waals surface area (Å²) in [6.45, 7) is 3.07. The molecule has 26 heavy (non-hydrogen) atoms. The van der Waals surface area contributed by atoms with Crippen LogP contribution in [0.3, 0.4) is 0 Å². The molecule has 0 spiro atoms. The van der Waals surface area contributed by atoms with Gasteiger partial charge in [-0.2, -0.15) is 4.31 Å². The van der Waals surface area contributed by atoms with Gasteiger partial charge >= 0.3 is 0 Å². The summed E-state index contributed by atoms with van der Waals surface area (Å²) in [6, 6.07) is 16.5. The lowest BCUT2D eigenvalue weighted by Gasteiger charge is -2.31. The van der Waals surface area contributed by atoms with Crippen molar-refractivity contribution < 1.29 is 13.2 Å². The molecule has 138 valence electrons. The molecule has 1 fully saturated rings. The standard InChI is InChI=1S/C20H24N2O3S/c1-16-9-11-19(12-10-16)26(24,25)22-13-5-8-18(15-22)20(23)21-14-17-6-3-2-4-7-17/h2-4,6-7,9-12,18H,5,8,13-15H2,1H3,(H,21,23)/t18-/m0/s1. The predicted octanol–water partition coefficient (Wildman–Crippen LogP) is 2.71. The Labute approximate surface area is 155 Å². The van der Waals surface area contributed by atoms with Crippen molar-refractivity contribution in [1.82, 2.24) is 9.62 Å². The zero-order valence-electron chi connectivity index (χ0n) is 14.9. The van der Waals surface area contributed by atoms with Gasteiger partial charge in [0.1, 0.15) is 0 Å². The molecular formula is C20H24N2O3S. The lowest BCUT2D eigenvalue weighted by Crippen LogP contribution is -2.45. The largest absolute Gasteiger partial charge is 0.352 e. The van der Waals surface area contributed by atoms with Gasteiger partial charge < -0.3 is 5.32 Å². The third kappa shape index (κ3) is 4.31. The number of amides is 1. The van der Waals surface area contributed by atoms with E-state index in [1.54, 1.807) is 24.3 Å². The van der Waals surface area contributed by atoms with Crippen molar-refractivity contribution in [2.45, 2.75) is 31.2 Å². The van der Waals surface area contributed by atoms with E-state index in [1.807, 2.05) is 37.3 Å². The van der Waals surface area contributed by atoms with Crippen molar-refractivity contribution >= 4 is 15.9 Å². The fourth-order valence-electron chi connectivity index (χ4n) is 3.16. The highest BCUT2D eigenvalue weighted by Gasteiger charge is 2.33. The third-order valence-corrected chi connectivity index (χ3v) is 6.60. The molecule has 0 unspecified atom stereocenters. The van der Waals surface area contributed by atoms with Crippen LogP contribution < -0.4 is 5.32 Å². The first-order valence-electron chi connectivity index (χ1n) is 8.85. The Hall–Kier alpha value is -2.18. The molecule has 0 aromatic heterocycles. The van der Waals surface area contributed by atoms with E-state index in [0.717, 1.165) is 11.1 Å². The summed E-state index contributed by atoms with van der Waals surface area (Å²) in [6.07, 6.45) is 1.40. The van der Waals surface area contributed by atoms with Crippen molar-refractivity contribution in [1.29, 1.82) is 0 Å². The Kier molecular flexibility index (Phi) is 5.74. The number of carbonyl (C=O) groups is 1. The number of aryl methyl sites for hydroxylation is 1. The van der Waals surface area contributed by atoms with Crippen LogP contribution in [0.2, 0.25) is 0 Å². The van der Waals surface area contributed by atoms with Gasteiger partial charge in [-0.3, -0.25) is 4.79 Å². The summed E-state index contributed by atoms with van der Waals surface area (Å²) in [5.41, 5.74) is 2.04. The molecule has 1 amide bonds. The fraction of sp³-hybridized carbons (Fsp3) is 0.350. The number of nitrogens with zero attached hydrogens (tertiary/aromatic N) is 1. The molecule has 0 radical (unpaired) electrons. The minimum atomic E-state index is -3.56. The molecule has 1 heterocycles. The second-order valence-corrected chi connectivity index (χ2v) is 8.66. The number of carbonyl (C=O) groups excluding carboxylic acids is 1. The van der Waals surface area contributed by atoms with Crippen molar-refractivity contribution in [3.05, 3.63) is 65.7 Å². The van der Waals surface area contributed by atoms with E-state index in [1.165, 1.54) is 4.31 Å². The lowest BCUT2D eigenvalue weighted by atomic mass is 9.99. The van der Waals surface area contributed by atoms with E-state index in [-0.39, 0.29) is 23.3 Å². The fourth-order valence-corrected chi connectivity index (χ4v) is 4.69. The van der Waals surface area contributed by atoms with E-state index in [9.17, 15) is 13.2 Å². The highest BCUT2D eigenvalue weighted by Crippen LogP contribution is 2.24. The molecule has 2 aromatic rings. The van der Waals surface area contributed by atoms with Crippen LogP contribution in [0.5, 0.6) is 0 Å². The van der Waals surface area contributed by atoms with Gasteiger partial charge in [-0.1, -0.05) is 48.0 Å². The Balaban J connectivity index is 1.64. The predicted molar refractivity (Wildman–Crippen MR) is 101 cm³/mol. The molecule has 1 aliphatic rings. The molecule has 2 aromatic carbocycles. The first kappa shape index (κ1) is 18.6. The highest BCUT2D eigenvalue weighted by atomic mass is 32.2. The second-order valence-electron chi connectivity index (χ2n) is 6.72. The Morgan fingerprint density at radius 3 is 2.50 bits per heavy atom. The van der Waals surface area contributed by atoms with Crippen molar-refractivity contribution in [3.8, 4) is 0 Å². The van der Waals surface area contributed by atoms with Crippen LogP contribution in [-0.4, -0.2) is 31.7 Å². The van der Waals surface area contributed by atoms with E-state index < -0.39 is 10.0 Å². The average molecular weight is 372 g/mol. The quantitative estimate of drug-likeness (QED) is 0.878. The number of nitrogens with one attached hydrogen (secondary N) is 1.